The van der Waals surface area contributed by atoms with E-state index in [4.69, 9.17) is 9.47 Å². The smallest absolute Gasteiger partial charge is 0.199 e. The van der Waals surface area contributed by atoms with Crippen LogP contribution in [0.4, 0.5) is 0 Å². The molecule has 2 aliphatic rings. The van der Waals surface area contributed by atoms with Gasteiger partial charge in [-0.2, -0.15) is 0 Å². The summed E-state index contributed by atoms with van der Waals surface area (Å²) in [6.45, 7) is 6.15. The minimum Gasteiger partial charge on any atom is -0.478 e. The first kappa shape index (κ1) is 10.2. The third-order valence-electron chi connectivity index (χ3n) is 2.27. The Morgan fingerprint density at radius 3 is 2.64 bits per heavy atom. The number of alkyl halides is 1. The van der Waals surface area contributed by atoms with Crippen molar-refractivity contribution in [1.29, 1.82) is 0 Å². The quantitative estimate of drug-likeness (QED) is 0.442. The van der Waals surface area contributed by atoms with Crippen molar-refractivity contribution in [2.24, 2.45) is 15.4 Å². The maximum absolute atomic E-state index is 5.52. The number of hydrogen-bond donors (Lipinski definition) is 0. The number of halogens is 1. The molecule has 0 aromatic rings. The van der Waals surface area contributed by atoms with Crippen LogP contribution in [0.5, 0.6) is 0 Å². The van der Waals surface area contributed by atoms with Gasteiger partial charge in [-0.15, -0.1) is 0 Å². The van der Waals surface area contributed by atoms with Crippen LogP contribution in [0.3, 0.4) is 0 Å². The summed E-state index contributed by atoms with van der Waals surface area (Å²) in [5.74, 6) is 1.50. The zero-order valence-electron chi connectivity index (χ0n) is 8.29. The summed E-state index contributed by atoms with van der Waals surface area (Å²) in [6.07, 6.45) is 0. The first-order chi connectivity index (χ1) is 6.60. The van der Waals surface area contributed by atoms with Crippen LogP contribution in [0.25, 0.3) is 0 Å². The summed E-state index contributed by atoms with van der Waals surface area (Å²) < 4.78 is 11.2. The molecule has 1 atom stereocenters. The minimum atomic E-state index is -0.309. The fourth-order valence-electron chi connectivity index (χ4n) is 1.50. The van der Waals surface area contributed by atoms with E-state index in [2.05, 4.69) is 32.6 Å². The number of rotatable bonds is 2. The standard InChI is InChI=1S/C9H13IN2O2/c1-9(2,7-11-3-4-13-7)8-12-6(10)5-14-8/h6H,3-5H2,1-2H3/t6-/m0/s1. The van der Waals surface area contributed by atoms with Gasteiger partial charge in [0.15, 0.2) is 11.8 Å². The number of aliphatic imine (C=N–C) groups is 2. The lowest BCUT2D eigenvalue weighted by Crippen LogP contribution is -2.34. The largest absolute Gasteiger partial charge is 0.478 e. The van der Waals surface area contributed by atoms with E-state index in [9.17, 15) is 0 Å². The van der Waals surface area contributed by atoms with Crippen LogP contribution in [0.15, 0.2) is 9.98 Å². The second kappa shape index (κ2) is 3.67. The zero-order chi connectivity index (χ0) is 10.2. The average Bonchev–Trinajstić information content (AvgIpc) is 2.72. The van der Waals surface area contributed by atoms with E-state index >= 15 is 0 Å². The molecule has 0 fully saturated rings. The predicted molar refractivity (Wildman–Crippen MR) is 63.2 cm³/mol. The fourth-order valence-corrected chi connectivity index (χ4v) is 1.93. The van der Waals surface area contributed by atoms with Crippen molar-refractivity contribution >= 4 is 34.4 Å². The highest BCUT2D eigenvalue weighted by atomic mass is 127. The molecule has 0 spiro atoms. The lowest BCUT2D eigenvalue weighted by Gasteiger charge is -2.22. The highest BCUT2D eigenvalue weighted by molar-refractivity contribution is 14.1. The molecular weight excluding hydrogens is 295 g/mol. The molecule has 14 heavy (non-hydrogen) atoms. The van der Waals surface area contributed by atoms with Crippen LogP contribution in [-0.2, 0) is 9.47 Å². The van der Waals surface area contributed by atoms with Gasteiger partial charge in [0.25, 0.3) is 0 Å². The first-order valence-corrected chi connectivity index (χ1v) is 5.88. The number of ether oxygens (including phenoxy) is 2. The molecule has 0 amide bonds. The Morgan fingerprint density at radius 2 is 2.14 bits per heavy atom. The van der Waals surface area contributed by atoms with Gasteiger partial charge in [0.1, 0.15) is 22.7 Å². The summed E-state index contributed by atoms with van der Waals surface area (Å²) in [4.78, 5) is 8.73. The molecule has 0 saturated heterocycles. The van der Waals surface area contributed by atoms with E-state index in [1.54, 1.807) is 0 Å². The number of nitrogens with zero attached hydrogens (tertiary/aromatic N) is 2. The second-order valence-corrected chi connectivity index (χ2v) is 5.28. The van der Waals surface area contributed by atoms with E-state index < -0.39 is 0 Å². The molecule has 0 aromatic heterocycles. The van der Waals surface area contributed by atoms with Gasteiger partial charge in [-0.3, -0.25) is 4.99 Å². The van der Waals surface area contributed by atoms with Gasteiger partial charge in [0.05, 0.1) is 6.54 Å². The van der Waals surface area contributed by atoms with Crippen LogP contribution in [0, 0.1) is 5.41 Å². The monoisotopic (exact) mass is 308 g/mol. The highest BCUT2D eigenvalue weighted by Crippen LogP contribution is 2.28. The molecule has 78 valence electrons. The molecule has 2 aliphatic heterocycles. The van der Waals surface area contributed by atoms with Gasteiger partial charge in [0.2, 0.25) is 0 Å². The zero-order valence-corrected chi connectivity index (χ0v) is 10.4. The van der Waals surface area contributed by atoms with Gasteiger partial charge in [0, 0.05) is 0 Å². The summed E-state index contributed by atoms with van der Waals surface area (Å²) >= 11 is 2.26. The van der Waals surface area contributed by atoms with E-state index in [1.165, 1.54) is 0 Å². The van der Waals surface area contributed by atoms with Crippen molar-refractivity contribution in [3.8, 4) is 0 Å². The van der Waals surface area contributed by atoms with Crippen molar-refractivity contribution in [3.63, 3.8) is 0 Å². The van der Waals surface area contributed by atoms with Crippen LogP contribution in [0.2, 0.25) is 0 Å². The van der Waals surface area contributed by atoms with Gasteiger partial charge < -0.3 is 9.47 Å². The molecule has 0 aliphatic carbocycles. The summed E-state index contributed by atoms with van der Waals surface area (Å²) in [7, 11) is 0. The van der Waals surface area contributed by atoms with Crippen LogP contribution >= 0.6 is 22.6 Å². The Bertz CT molecular complexity index is 299. The van der Waals surface area contributed by atoms with E-state index in [1.807, 2.05) is 13.8 Å². The Labute approximate surface area is 96.9 Å². The van der Waals surface area contributed by atoms with Crippen molar-refractivity contribution < 1.29 is 9.47 Å². The average molecular weight is 308 g/mol. The fraction of sp³-hybridized carbons (Fsp3) is 0.778. The summed E-state index contributed by atoms with van der Waals surface area (Å²) in [5, 5.41) is 0. The topological polar surface area (TPSA) is 43.2 Å². The molecule has 0 aromatic carbocycles. The SMILES string of the molecule is CC(C)(C1=NCCO1)C1=N[C@H](I)CO1. The Kier molecular flexibility index (Phi) is 2.68. The highest BCUT2D eigenvalue weighted by Gasteiger charge is 2.39. The predicted octanol–water partition coefficient (Wildman–Crippen LogP) is 1.63. The molecule has 4 nitrogen and oxygen atoms in total. The van der Waals surface area contributed by atoms with E-state index in [-0.39, 0.29) is 9.46 Å². The maximum Gasteiger partial charge on any atom is 0.199 e. The van der Waals surface area contributed by atoms with Gasteiger partial charge in [-0.1, -0.05) is 22.6 Å². The van der Waals surface area contributed by atoms with Gasteiger partial charge >= 0.3 is 0 Å². The first-order valence-electron chi connectivity index (χ1n) is 4.63. The van der Waals surface area contributed by atoms with Gasteiger partial charge in [-0.05, 0) is 13.8 Å². The van der Waals surface area contributed by atoms with Crippen LogP contribution < -0.4 is 0 Å². The molecule has 0 saturated carbocycles. The Balaban J connectivity index is 2.19. The minimum absolute atomic E-state index is 0.226. The Hall–Kier alpha value is -0.330. The van der Waals surface area contributed by atoms with Crippen molar-refractivity contribution in [1.82, 2.24) is 0 Å². The molecular formula is C9H13IN2O2. The molecule has 0 radical (unpaired) electrons. The molecule has 2 heterocycles. The molecule has 2 rings (SSSR count). The summed E-state index contributed by atoms with van der Waals surface area (Å²) in [5.41, 5.74) is -0.309. The third-order valence-corrected chi connectivity index (χ3v) is 2.91. The third kappa shape index (κ3) is 1.74. The molecule has 0 N–H and O–H groups in total. The molecule has 5 heteroatoms. The van der Waals surface area contributed by atoms with Crippen molar-refractivity contribution in [3.05, 3.63) is 0 Å². The number of hydrogen-bond acceptors (Lipinski definition) is 4. The maximum atomic E-state index is 5.52. The molecule has 0 bridgehead atoms. The van der Waals surface area contributed by atoms with Gasteiger partial charge in [-0.25, -0.2) is 4.99 Å². The summed E-state index contributed by atoms with van der Waals surface area (Å²) in [6, 6.07) is 0. The van der Waals surface area contributed by atoms with Crippen molar-refractivity contribution in [2.75, 3.05) is 19.8 Å². The lowest BCUT2D eigenvalue weighted by molar-refractivity contribution is 0.281. The molecule has 0 unspecified atom stereocenters. The van der Waals surface area contributed by atoms with E-state index in [0.717, 1.165) is 18.3 Å². The normalized spacial score (nSPS) is 26.6. The van der Waals surface area contributed by atoms with Crippen LogP contribution in [-0.4, -0.2) is 35.6 Å². The second-order valence-electron chi connectivity index (χ2n) is 3.84. The van der Waals surface area contributed by atoms with Crippen molar-refractivity contribution in [2.45, 2.75) is 17.9 Å². The van der Waals surface area contributed by atoms with E-state index in [0.29, 0.717) is 13.2 Å². The van der Waals surface area contributed by atoms with Crippen LogP contribution in [0.1, 0.15) is 13.8 Å². The Morgan fingerprint density at radius 1 is 1.36 bits per heavy atom. The lowest BCUT2D eigenvalue weighted by atomic mass is 9.93.